The molecule has 2 amide bonds. The fourth-order valence-electron chi connectivity index (χ4n) is 2.86. The fourth-order valence-corrected chi connectivity index (χ4v) is 2.86. The summed E-state index contributed by atoms with van der Waals surface area (Å²) in [5, 5.41) is 5.65. The molecule has 1 aromatic heterocycles. The summed E-state index contributed by atoms with van der Waals surface area (Å²) in [7, 11) is 0. The van der Waals surface area contributed by atoms with Gasteiger partial charge in [-0.1, -0.05) is 19.3 Å². The van der Waals surface area contributed by atoms with Crippen LogP contribution in [-0.2, 0) is 4.79 Å². The third kappa shape index (κ3) is 4.55. The van der Waals surface area contributed by atoms with E-state index in [4.69, 9.17) is 0 Å². The summed E-state index contributed by atoms with van der Waals surface area (Å²) in [6, 6.07) is 3.44. The van der Waals surface area contributed by atoms with E-state index in [1.54, 1.807) is 12.1 Å². The Kier molecular flexibility index (Phi) is 5.31. The molecule has 0 saturated heterocycles. The van der Waals surface area contributed by atoms with Crippen molar-refractivity contribution in [2.24, 2.45) is 5.92 Å². The molecular formula is C16H23N3O2. The first-order valence-corrected chi connectivity index (χ1v) is 7.61. The highest BCUT2D eigenvalue weighted by Gasteiger charge is 2.21. The number of aromatic nitrogens is 1. The van der Waals surface area contributed by atoms with Gasteiger partial charge in [0.25, 0.3) is 5.91 Å². The van der Waals surface area contributed by atoms with Gasteiger partial charge < -0.3 is 10.6 Å². The number of nitrogens with one attached hydrogen (secondary N) is 2. The van der Waals surface area contributed by atoms with E-state index in [1.165, 1.54) is 45.2 Å². The van der Waals surface area contributed by atoms with E-state index in [9.17, 15) is 9.59 Å². The molecule has 2 N–H and O–H groups in total. The smallest absolute Gasteiger partial charge is 0.251 e. The number of hydrogen-bond acceptors (Lipinski definition) is 3. The van der Waals surface area contributed by atoms with E-state index in [1.807, 2.05) is 0 Å². The number of rotatable bonds is 4. The van der Waals surface area contributed by atoms with Gasteiger partial charge >= 0.3 is 0 Å². The maximum Gasteiger partial charge on any atom is 0.251 e. The zero-order chi connectivity index (χ0) is 15.2. The van der Waals surface area contributed by atoms with Crippen LogP contribution < -0.4 is 10.6 Å². The topological polar surface area (TPSA) is 71.1 Å². The van der Waals surface area contributed by atoms with Crippen molar-refractivity contribution >= 4 is 17.6 Å². The van der Waals surface area contributed by atoms with Gasteiger partial charge in [0.15, 0.2) is 0 Å². The molecule has 1 atom stereocenters. The number of carbonyl (C=O) groups excluding carboxylic acids is 2. The number of pyridine rings is 1. The second-order valence-corrected chi connectivity index (χ2v) is 5.77. The monoisotopic (exact) mass is 289 g/mol. The minimum absolute atomic E-state index is 0.109. The fraction of sp³-hybridized carbons (Fsp3) is 0.562. The Bertz CT molecular complexity index is 510. The van der Waals surface area contributed by atoms with Crippen molar-refractivity contribution < 1.29 is 9.59 Å². The first-order chi connectivity index (χ1) is 10.1. The van der Waals surface area contributed by atoms with Gasteiger partial charge in [0, 0.05) is 24.7 Å². The van der Waals surface area contributed by atoms with Gasteiger partial charge in [-0.25, -0.2) is 4.98 Å². The number of nitrogens with zero attached hydrogens (tertiary/aromatic N) is 1. The zero-order valence-electron chi connectivity index (χ0n) is 12.7. The Morgan fingerprint density at radius 2 is 2.00 bits per heavy atom. The minimum Gasteiger partial charge on any atom is -0.349 e. The largest absolute Gasteiger partial charge is 0.349 e. The van der Waals surface area contributed by atoms with Gasteiger partial charge in [-0.15, -0.1) is 0 Å². The molecule has 0 aromatic carbocycles. The standard InChI is InChI=1S/C16H23N3O2/c1-11(13-6-4-3-5-7-13)18-16(21)14-8-9-17-15(10-14)19-12(2)20/h8-11,13H,3-7H2,1-2H3,(H,18,21)(H,17,19,20)/t11-/m0/s1. The van der Waals surface area contributed by atoms with Crippen molar-refractivity contribution in [2.45, 2.75) is 52.0 Å². The van der Waals surface area contributed by atoms with E-state index in [2.05, 4.69) is 22.5 Å². The Morgan fingerprint density at radius 3 is 2.67 bits per heavy atom. The lowest BCUT2D eigenvalue weighted by Crippen LogP contribution is -2.38. The molecule has 1 fully saturated rings. The summed E-state index contributed by atoms with van der Waals surface area (Å²) in [5.74, 6) is 0.664. The molecule has 1 aromatic rings. The van der Waals surface area contributed by atoms with E-state index >= 15 is 0 Å². The molecule has 0 radical (unpaired) electrons. The van der Waals surface area contributed by atoms with Crippen LogP contribution >= 0.6 is 0 Å². The van der Waals surface area contributed by atoms with Crippen LogP contribution in [0, 0.1) is 5.92 Å². The first-order valence-electron chi connectivity index (χ1n) is 7.61. The quantitative estimate of drug-likeness (QED) is 0.895. The molecule has 1 aliphatic rings. The summed E-state index contributed by atoms with van der Waals surface area (Å²) in [6.07, 6.45) is 7.73. The number of anilines is 1. The normalized spacial score (nSPS) is 17.0. The molecular weight excluding hydrogens is 266 g/mol. The number of hydrogen-bond donors (Lipinski definition) is 2. The number of carbonyl (C=O) groups is 2. The SMILES string of the molecule is CC(=O)Nc1cc(C(=O)N[C@@H](C)C2CCCCC2)ccn1. The van der Waals surface area contributed by atoms with E-state index in [0.717, 1.165) is 0 Å². The molecule has 0 aliphatic heterocycles. The van der Waals surface area contributed by atoms with Crippen LogP contribution in [0.1, 0.15) is 56.3 Å². The van der Waals surface area contributed by atoms with Crippen molar-refractivity contribution in [1.82, 2.24) is 10.3 Å². The second kappa shape index (κ2) is 7.20. The summed E-state index contributed by atoms with van der Waals surface area (Å²) < 4.78 is 0. The minimum atomic E-state index is -0.198. The molecule has 1 saturated carbocycles. The van der Waals surface area contributed by atoms with Gasteiger partial charge in [-0.2, -0.15) is 0 Å². The summed E-state index contributed by atoms with van der Waals surface area (Å²) in [5.41, 5.74) is 0.524. The Balaban J connectivity index is 1.97. The predicted molar refractivity (Wildman–Crippen MR) is 82.0 cm³/mol. The van der Waals surface area contributed by atoms with E-state index < -0.39 is 0 Å². The maximum absolute atomic E-state index is 12.3. The molecule has 1 aliphatic carbocycles. The van der Waals surface area contributed by atoms with Crippen molar-refractivity contribution in [3.63, 3.8) is 0 Å². The molecule has 114 valence electrons. The van der Waals surface area contributed by atoms with Gasteiger partial charge in [0.1, 0.15) is 5.82 Å². The summed E-state index contributed by atoms with van der Waals surface area (Å²) in [4.78, 5) is 27.3. The first kappa shape index (κ1) is 15.5. The second-order valence-electron chi connectivity index (χ2n) is 5.77. The zero-order valence-corrected chi connectivity index (χ0v) is 12.7. The lowest BCUT2D eigenvalue weighted by Gasteiger charge is -2.28. The molecule has 5 heteroatoms. The van der Waals surface area contributed by atoms with Crippen molar-refractivity contribution in [3.8, 4) is 0 Å². The van der Waals surface area contributed by atoms with Crippen molar-refractivity contribution in [2.75, 3.05) is 5.32 Å². The van der Waals surface area contributed by atoms with Gasteiger partial charge in [-0.3, -0.25) is 9.59 Å². The van der Waals surface area contributed by atoms with Crippen LogP contribution in [0.25, 0.3) is 0 Å². The van der Waals surface area contributed by atoms with Crippen LogP contribution in [0.2, 0.25) is 0 Å². The lowest BCUT2D eigenvalue weighted by atomic mass is 9.84. The van der Waals surface area contributed by atoms with Crippen molar-refractivity contribution in [3.05, 3.63) is 23.9 Å². The molecule has 21 heavy (non-hydrogen) atoms. The maximum atomic E-state index is 12.3. The number of amides is 2. The molecule has 5 nitrogen and oxygen atoms in total. The van der Waals surface area contributed by atoms with Crippen LogP contribution in [0.3, 0.4) is 0 Å². The van der Waals surface area contributed by atoms with Gasteiger partial charge in [0.2, 0.25) is 5.91 Å². The Morgan fingerprint density at radius 1 is 1.29 bits per heavy atom. The predicted octanol–water partition coefficient (Wildman–Crippen LogP) is 2.74. The Labute approximate surface area is 125 Å². The highest BCUT2D eigenvalue weighted by atomic mass is 16.2. The van der Waals surface area contributed by atoms with Crippen LogP contribution in [0.4, 0.5) is 5.82 Å². The van der Waals surface area contributed by atoms with E-state index in [-0.39, 0.29) is 17.9 Å². The van der Waals surface area contributed by atoms with Crippen LogP contribution in [-0.4, -0.2) is 22.8 Å². The lowest BCUT2D eigenvalue weighted by molar-refractivity contribution is -0.114. The highest BCUT2D eigenvalue weighted by Crippen LogP contribution is 2.26. The molecule has 0 unspecified atom stereocenters. The van der Waals surface area contributed by atoms with E-state index in [0.29, 0.717) is 17.3 Å². The van der Waals surface area contributed by atoms with Crippen LogP contribution in [0.15, 0.2) is 18.3 Å². The average molecular weight is 289 g/mol. The van der Waals surface area contributed by atoms with Crippen molar-refractivity contribution in [1.29, 1.82) is 0 Å². The average Bonchev–Trinajstić information content (AvgIpc) is 2.47. The summed E-state index contributed by atoms with van der Waals surface area (Å²) >= 11 is 0. The third-order valence-electron chi connectivity index (χ3n) is 4.04. The molecule has 0 bridgehead atoms. The highest BCUT2D eigenvalue weighted by molar-refractivity contribution is 5.96. The molecule has 0 spiro atoms. The summed E-state index contributed by atoms with van der Waals surface area (Å²) in [6.45, 7) is 3.49. The van der Waals surface area contributed by atoms with Gasteiger partial charge in [0.05, 0.1) is 0 Å². The molecule has 1 heterocycles. The molecule has 2 rings (SSSR count). The van der Waals surface area contributed by atoms with Gasteiger partial charge in [-0.05, 0) is 37.8 Å². The third-order valence-corrected chi connectivity index (χ3v) is 4.04. The van der Waals surface area contributed by atoms with Crippen LogP contribution in [0.5, 0.6) is 0 Å². The Hall–Kier alpha value is -1.91.